The van der Waals surface area contributed by atoms with Gasteiger partial charge in [0.1, 0.15) is 0 Å². The maximum absolute atomic E-state index is 14.2. The van der Waals surface area contributed by atoms with E-state index in [9.17, 15) is 14.7 Å². The van der Waals surface area contributed by atoms with E-state index in [1.54, 1.807) is 12.1 Å². The van der Waals surface area contributed by atoms with E-state index >= 15 is 0 Å². The predicted molar refractivity (Wildman–Crippen MR) is 192 cm³/mol. The van der Waals surface area contributed by atoms with Crippen LogP contribution >= 0.6 is 0 Å². The van der Waals surface area contributed by atoms with Gasteiger partial charge in [-0.2, -0.15) is 0 Å². The Morgan fingerprint density at radius 1 is 0.766 bits per heavy atom. The molecule has 2 N–H and O–H groups in total. The summed E-state index contributed by atoms with van der Waals surface area (Å²) in [5, 5.41) is 24.2. The summed E-state index contributed by atoms with van der Waals surface area (Å²) in [6.45, 7) is 8.88. The molecule has 47 heavy (non-hydrogen) atoms. The van der Waals surface area contributed by atoms with E-state index in [1.807, 2.05) is 42.5 Å². The van der Waals surface area contributed by atoms with Crippen LogP contribution in [-0.4, -0.2) is 23.5 Å². The minimum atomic E-state index is -1.08. The van der Waals surface area contributed by atoms with Crippen molar-refractivity contribution in [2.45, 2.75) is 58.8 Å². The summed E-state index contributed by atoms with van der Waals surface area (Å²) in [6, 6.07) is 23.5. The molecular formula is C40H36N4O3. The van der Waals surface area contributed by atoms with Crippen LogP contribution in [0.1, 0.15) is 96.2 Å². The van der Waals surface area contributed by atoms with Gasteiger partial charge in [-0.15, -0.1) is 0 Å². The number of para-hydroxylation sites is 1. The van der Waals surface area contributed by atoms with Crippen molar-refractivity contribution in [1.29, 1.82) is 0 Å². The molecule has 234 valence electrons. The molecule has 6 rings (SSSR count). The van der Waals surface area contributed by atoms with Gasteiger partial charge in [0, 0.05) is 40.1 Å². The van der Waals surface area contributed by atoms with Crippen LogP contribution < -0.4 is 5.32 Å². The Labute approximate surface area is 273 Å². The van der Waals surface area contributed by atoms with E-state index in [-0.39, 0.29) is 23.3 Å². The standard InChI is InChI=1S/C40H36N4O3/c1-23(2)26-12-9-13-27(24(3)4)38(26)43-39(45)33-20-18-31-29-15-10-14-28-25(11-7-5-6-8-22-42-44-41)16-17-30(35(28)29)32-19-21-34(40(46)47)37(33)36(31)32/h9-10,12-21,23-24H,5-6,8,22H2,1-4H3,(H,43,45)(H,46,47). The zero-order chi connectivity index (χ0) is 33.2. The quantitative estimate of drug-likeness (QED) is 0.0318. The van der Waals surface area contributed by atoms with Gasteiger partial charge in [-0.25, -0.2) is 4.79 Å². The zero-order valence-electron chi connectivity index (χ0n) is 27.0. The minimum absolute atomic E-state index is 0.0931. The monoisotopic (exact) mass is 620 g/mol. The number of carbonyl (C=O) groups excluding carboxylic acids is 1. The summed E-state index contributed by atoms with van der Waals surface area (Å²) in [7, 11) is 0. The highest BCUT2D eigenvalue weighted by Gasteiger charge is 2.24. The number of carboxylic acid groups (broad SMARTS) is 1. The number of carboxylic acids is 1. The van der Waals surface area contributed by atoms with Crippen molar-refractivity contribution in [3.05, 3.63) is 111 Å². The third kappa shape index (κ3) is 5.69. The number of azide groups is 1. The summed E-state index contributed by atoms with van der Waals surface area (Å²) in [6.07, 6.45) is 2.35. The normalized spacial score (nSPS) is 11.4. The predicted octanol–water partition coefficient (Wildman–Crippen LogP) is 10.8. The molecule has 0 radical (unpaired) electrons. The van der Waals surface area contributed by atoms with Crippen LogP contribution in [0.5, 0.6) is 0 Å². The number of carbonyl (C=O) groups is 2. The molecule has 0 unspecified atom stereocenters. The Bertz CT molecular complexity index is 2260. The Balaban J connectivity index is 1.53. The molecule has 0 heterocycles. The average molecular weight is 621 g/mol. The Morgan fingerprint density at radius 3 is 2.02 bits per heavy atom. The van der Waals surface area contributed by atoms with E-state index < -0.39 is 5.97 Å². The smallest absolute Gasteiger partial charge is 0.336 e. The first kappa shape index (κ1) is 31.4. The molecule has 0 atom stereocenters. The second-order valence-electron chi connectivity index (χ2n) is 12.6. The lowest BCUT2D eigenvalue weighted by Crippen LogP contribution is -2.17. The Kier molecular flexibility index (Phi) is 8.72. The number of anilines is 1. The molecule has 0 spiro atoms. The molecule has 0 aromatic heterocycles. The first-order valence-electron chi connectivity index (χ1n) is 16.1. The molecule has 0 saturated carbocycles. The van der Waals surface area contributed by atoms with Gasteiger partial charge < -0.3 is 10.4 Å². The molecule has 6 aromatic carbocycles. The molecule has 0 fully saturated rings. The highest BCUT2D eigenvalue weighted by molar-refractivity contribution is 6.36. The van der Waals surface area contributed by atoms with E-state index in [0.29, 0.717) is 23.9 Å². The van der Waals surface area contributed by atoms with Crippen molar-refractivity contribution < 1.29 is 14.7 Å². The van der Waals surface area contributed by atoms with E-state index in [1.165, 1.54) is 0 Å². The molecule has 0 bridgehead atoms. The van der Waals surface area contributed by atoms with E-state index in [2.05, 4.69) is 73.1 Å². The molecule has 7 heteroatoms. The minimum Gasteiger partial charge on any atom is -0.478 e. The first-order chi connectivity index (χ1) is 22.7. The van der Waals surface area contributed by atoms with Gasteiger partial charge in [-0.05, 0) is 97.2 Å². The number of hydrogen-bond donors (Lipinski definition) is 2. The SMILES string of the molecule is CC(C)c1cccc(C(C)C)c1NC(=O)c1ccc2c3cccc4c(C#CCCCCN=[N+]=[N-])ccc(c5ccc(C(=O)O)c1c52)c43. The fourth-order valence-corrected chi connectivity index (χ4v) is 6.75. The number of hydrogen-bond acceptors (Lipinski definition) is 3. The lowest BCUT2D eigenvalue weighted by molar-refractivity contribution is 0.0699. The van der Waals surface area contributed by atoms with Crippen molar-refractivity contribution >= 4 is 60.7 Å². The second-order valence-corrected chi connectivity index (χ2v) is 12.6. The Hall–Kier alpha value is -5.57. The van der Waals surface area contributed by atoms with Gasteiger partial charge in [0.25, 0.3) is 5.91 Å². The fourth-order valence-electron chi connectivity index (χ4n) is 6.75. The summed E-state index contributed by atoms with van der Waals surface area (Å²) in [4.78, 5) is 29.7. The third-order valence-electron chi connectivity index (χ3n) is 8.96. The van der Waals surface area contributed by atoms with Crippen LogP contribution in [0.3, 0.4) is 0 Å². The molecule has 0 aliphatic rings. The third-order valence-corrected chi connectivity index (χ3v) is 8.96. The topological polar surface area (TPSA) is 115 Å². The van der Waals surface area contributed by atoms with Gasteiger partial charge >= 0.3 is 5.97 Å². The van der Waals surface area contributed by atoms with Crippen molar-refractivity contribution in [3.63, 3.8) is 0 Å². The van der Waals surface area contributed by atoms with Crippen LogP contribution in [0.2, 0.25) is 0 Å². The molecule has 6 aromatic rings. The number of unbranched alkanes of at least 4 members (excludes halogenated alkanes) is 2. The lowest BCUT2D eigenvalue weighted by Gasteiger charge is -2.21. The highest BCUT2D eigenvalue weighted by Crippen LogP contribution is 2.43. The number of nitrogens with one attached hydrogen (secondary N) is 1. The summed E-state index contributed by atoms with van der Waals surface area (Å²) in [5.74, 6) is 5.57. The molecule has 7 nitrogen and oxygen atoms in total. The van der Waals surface area contributed by atoms with Crippen LogP contribution in [0, 0.1) is 11.8 Å². The van der Waals surface area contributed by atoms with Crippen LogP contribution in [0.25, 0.3) is 53.5 Å². The number of benzene rings is 6. The van der Waals surface area contributed by atoms with Crippen molar-refractivity contribution in [3.8, 4) is 11.8 Å². The maximum atomic E-state index is 14.2. The molecule has 0 aliphatic heterocycles. The number of fused-ring (bicyclic) bond motifs is 2. The molecule has 0 aliphatic carbocycles. The second kappa shape index (κ2) is 13.0. The number of rotatable bonds is 9. The van der Waals surface area contributed by atoms with Gasteiger partial charge in [0.05, 0.1) is 5.56 Å². The van der Waals surface area contributed by atoms with Crippen molar-refractivity contribution in [1.82, 2.24) is 0 Å². The first-order valence-corrected chi connectivity index (χ1v) is 16.1. The van der Waals surface area contributed by atoms with Gasteiger partial charge in [0.2, 0.25) is 0 Å². The van der Waals surface area contributed by atoms with E-state index in [0.717, 1.165) is 72.9 Å². The lowest BCUT2D eigenvalue weighted by atomic mass is 9.85. The van der Waals surface area contributed by atoms with Gasteiger partial charge in [-0.3, -0.25) is 4.79 Å². The molecule has 1 amide bonds. The summed E-state index contributed by atoms with van der Waals surface area (Å²) >= 11 is 0. The maximum Gasteiger partial charge on any atom is 0.336 e. The average Bonchev–Trinajstić information content (AvgIpc) is 3.06. The van der Waals surface area contributed by atoms with Crippen LogP contribution in [0.4, 0.5) is 5.69 Å². The summed E-state index contributed by atoms with van der Waals surface area (Å²) < 4.78 is 0. The fraction of sp³-hybridized carbons (Fsp3) is 0.250. The van der Waals surface area contributed by atoms with Gasteiger partial charge in [-0.1, -0.05) is 99.2 Å². The van der Waals surface area contributed by atoms with E-state index in [4.69, 9.17) is 5.53 Å². The highest BCUT2D eigenvalue weighted by atomic mass is 16.4. The Morgan fingerprint density at radius 2 is 1.36 bits per heavy atom. The van der Waals surface area contributed by atoms with Crippen molar-refractivity contribution in [2.75, 3.05) is 11.9 Å². The zero-order valence-corrected chi connectivity index (χ0v) is 27.0. The van der Waals surface area contributed by atoms with Crippen molar-refractivity contribution in [2.24, 2.45) is 5.11 Å². The number of amides is 1. The largest absolute Gasteiger partial charge is 0.478 e. The molecule has 0 saturated heterocycles. The number of aromatic carboxylic acids is 1. The summed E-state index contributed by atoms with van der Waals surface area (Å²) in [5.41, 5.74) is 12.7. The number of nitrogens with zero attached hydrogens (tertiary/aromatic N) is 3. The van der Waals surface area contributed by atoms with Gasteiger partial charge in [0.15, 0.2) is 0 Å². The molecular weight excluding hydrogens is 584 g/mol. The van der Waals surface area contributed by atoms with Crippen LogP contribution in [-0.2, 0) is 0 Å². The van der Waals surface area contributed by atoms with Crippen LogP contribution in [0.15, 0.2) is 77.9 Å².